The quantitative estimate of drug-likeness (QED) is 0.908. The third-order valence-corrected chi connectivity index (χ3v) is 3.49. The summed E-state index contributed by atoms with van der Waals surface area (Å²) < 4.78 is 7.10. The van der Waals surface area contributed by atoms with Crippen LogP contribution < -0.4 is 10.5 Å². The van der Waals surface area contributed by atoms with Crippen molar-refractivity contribution < 1.29 is 4.74 Å². The molecule has 100 valence electrons. The maximum absolute atomic E-state index is 6.05. The Labute approximate surface area is 122 Å². The number of benzene rings is 2. The normalized spacial score (nSPS) is 10.5. The lowest BCUT2D eigenvalue weighted by molar-refractivity contribution is 0.472. The summed E-state index contributed by atoms with van der Waals surface area (Å²) in [6.07, 6.45) is 0.805. The summed E-state index contributed by atoms with van der Waals surface area (Å²) in [7, 11) is 0. The van der Waals surface area contributed by atoms with Crippen LogP contribution >= 0.6 is 15.9 Å². The molecule has 0 saturated carbocycles. The first-order chi connectivity index (χ1) is 9.10. The summed E-state index contributed by atoms with van der Waals surface area (Å²) in [4.78, 5) is 0. The van der Waals surface area contributed by atoms with E-state index in [0.29, 0.717) is 6.54 Å². The predicted octanol–water partition coefficient (Wildman–Crippen LogP) is 4.36. The van der Waals surface area contributed by atoms with E-state index in [9.17, 15) is 0 Å². The van der Waals surface area contributed by atoms with Gasteiger partial charge in [-0.1, -0.05) is 28.1 Å². The van der Waals surface area contributed by atoms with Crippen molar-refractivity contribution in [2.24, 2.45) is 5.73 Å². The molecule has 2 nitrogen and oxygen atoms in total. The molecule has 0 atom stereocenters. The van der Waals surface area contributed by atoms with Gasteiger partial charge in [0.05, 0.1) is 0 Å². The van der Waals surface area contributed by atoms with E-state index in [0.717, 1.165) is 33.5 Å². The lowest BCUT2D eigenvalue weighted by atomic mass is 10.1. The van der Waals surface area contributed by atoms with E-state index < -0.39 is 0 Å². The fourth-order valence-corrected chi connectivity index (χ4v) is 2.34. The summed E-state index contributed by atoms with van der Waals surface area (Å²) >= 11 is 3.48. The van der Waals surface area contributed by atoms with Crippen LogP contribution in [0, 0.1) is 13.8 Å². The summed E-state index contributed by atoms with van der Waals surface area (Å²) in [6.45, 7) is 4.73. The van der Waals surface area contributed by atoms with Crippen molar-refractivity contribution >= 4 is 15.9 Å². The van der Waals surface area contributed by atoms with Crippen LogP contribution in [-0.2, 0) is 6.42 Å². The molecule has 0 aliphatic carbocycles. The van der Waals surface area contributed by atoms with Crippen molar-refractivity contribution in [3.05, 3.63) is 57.6 Å². The highest BCUT2D eigenvalue weighted by atomic mass is 79.9. The fraction of sp³-hybridized carbons (Fsp3) is 0.250. The largest absolute Gasteiger partial charge is 0.457 e. The molecule has 0 aliphatic rings. The Morgan fingerprint density at radius 2 is 1.84 bits per heavy atom. The first kappa shape index (κ1) is 14.1. The third kappa shape index (κ3) is 3.58. The van der Waals surface area contributed by atoms with Crippen LogP contribution in [-0.4, -0.2) is 6.54 Å². The molecule has 3 heteroatoms. The maximum atomic E-state index is 6.05. The number of hydrogen-bond donors (Lipinski definition) is 1. The van der Waals surface area contributed by atoms with E-state index >= 15 is 0 Å². The van der Waals surface area contributed by atoms with E-state index in [-0.39, 0.29) is 0 Å². The Balaban J connectivity index is 2.34. The van der Waals surface area contributed by atoms with Gasteiger partial charge in [-0.05, 0) is 67.8 Å². The molecule has 19 heavy (non-hydrogen) atoms. The number of aryl methyl sites for hydroxylation is 2. The highest BCUT2D eigenvalue weighted by Gasteiger charge is 2.07. The van der Waals surface area contributed by atoms with Crippen molar-refractivity contribution in [3.63, 3.8) is 0 Å². The predicted molar refractivity (Wildman–Crippen MR) is 82.9 cm³/mol. The molecular weight excluding hydrogens is 302 g/mol. The van der Waals surface area contributed by atoms with Gasteiger partial charge in [0, 0.05) is 4.47 Å². The number of nitrogens with two attached hydrogens (primary N) is 1. The minimum atomic E-state index is 0.611. The third-order valence-electron chi connectivity index (χ3n) is 3.00. The van der Waals surface area contributed by atoms with Crippen LogP contribution in [0.1, 0.15) is 16.7 Å². The summed E-state index contributed by atoms with van der Waals surface area (Å²) in [5.41, 5.74) is 9.10. The average molecular weight is 320 g/mol. The van der Waals surface area contributed by atoms with Gasteiger partial charge >= 0.3 is 0 Å². The molecule has 0 saturated heterocycles. The van der Waals surface area contributed by atoms with E-state index in [2.05, 4.69) is 54.0 Å². The molecule has 0 unspecified atom stereocenters. The van der Waals surface area contributed by atoms with Gasteiger partial charge in [0.25, 0.3) is 0 Å². The van der Waals surface area contributed by atoms with Crippen molar-refractivity contribution in [2.45, 2.75) is 20.3 Å². The van der Waals surface area contributed by atoms with Crippen LogP contribution in [0.4, 0.5) is 0 Å². The Kier molecular flexibility index (Phi) is 4.61. The van der Waals surface area contributed by atoms with Crippen LogP contribution in [0.25, 0.3) is 0 Å². The van der Waals surface area contributed by atoms with Gasteiger partial charge in [0.2, 0.25) is 0 Å². The smallest absolute Gasteiger partial charge is 0.130 e. The lowest BCUT2D eigenvalue weighted by Gasteiger charge is -2.13. The Morgan fingerprint density at radius 3 is 2.58 bits per heavy atom. The number of rotatable bonds is 4. The van der Waals surface area contributed by atoms with Gasteiger partial charge in [-0.15, -0.1) is 0 Å². The SMILES string of the molecule is Cc1ccc(C)c(Oc2ccc(Br)cc2CCN)c1. The van der Waals surface area contributed by atoms with E-state index in [1.165, 1.54) is 5.56 Å². The second kappa shape index (κ2) is 6.22. The zero-order valence-corrected chi connectivity index (χ0v) is 12.8. The lowest BCUT2D eigenvalue weighted by Crippen LogP contribution is -2.04. The molecule has 0 fully saturated rings. The molecule has 2 aromatic rings. The van der Waals surface area contributed by atoms with Gasteiger partial charge in [-0.2, -0.15) is 0 Å². The zero-order valence-electron chi connectivity index (χ0n) is 11.2. The van der Waals surface area contributed by atoms with E-state index in [1.54, 1.807) is 0 Å². The van der Waals surface area contributed by atoms with Gasteiger partial charge in [-0.3, -0.25) is 0 Å². The molecule has 2 rings (SSSR count). The van der Waals surface area contributed by atoms with Crippen LogP contribution in [0.2, 0.25) is 0 Å². The highest BCUT2D eigenvalue weighted by molar-refractivity contribution is 9.10. The molecule has 0 bridgehead atoms. The Morgan fingerprint density at radius 1 is 1.05 bits per heavy atom. The summed E-state index contributed by atoms with van der Waals surface area (Å²) in [5, 5.41) is 0. The molecular formula is C16H18BrNO. The van der Waals surface area contributed by atoms with Crippen molar-refractivity contribution in [2.75, 3.05) is 6.54 Å². The topological polar surface area (TPSA) is 35.2 Å². The van der Waals surface area contributed by atoms with Gasteiger partial charge < -0.3 is 10.5 Å². The molecule has 0 amide bonds. The first-order valence-corrected chi connectivity index (χ1v) is 7.13. The van der Waals surface area contributed by atoms with Gasteiger partial charge in [0.15, 0.2) is 0 Å². The van der Waals surface area contributed by atoms with E-state index in [4.69, 9.17) is 10.5 Å². The van der Waals surface area contributed by atoms with Crippen molar-refractivity contribution in [3.8, 4) is 11.5 Å². The number of ether oxygens (including phenoxy) is 1. The van der Waals surface area contributed by atoms with E-state index in [1.807, 2.05) is 12.1 Å². The van der Waals surface area contributed by atoms with Crippen molar-refractivity contribution in [1.82, 2.24) is 0 Å². The molecule has 0 aromatic heterocycles. The molecule has 0 spiro atoms. The second-order valence-electron chi connectivity index (χ2n) is 4.66. The molecule has 2 aromatic carbocycles. The average Bonchev–Trinajstić information content (AvgIpc) is 2.37. The second-order valence-corrected chi connectivity index (χ2v) is 5.58. The van der Waals surface area contributed by atoms with Crippen LogP contribution in [0.15, 0.2) is 40.9 Å². The molecule has 0 heterocycles. The number of hydrogen-bond acceptors (Lipinski definition) is 2. The van der Waals surface area contributed by atoms with Gasteiger partial charge in [-0.25, -0.2) is 0 Å². The molecule has 0 radical (unpaired) electrons. The zero-order chi connectivity index (χ0) is 13.8. The first-order valence-electron chi connectivity index (χ1n) is 6.34. The van der Waals surface area contributed by atoms with Crippen LogP contribution in [0.3, 0.4) is 0 Å². The highest BCUT2D eigenvalue weighted by Crippen LogP contribution is 2.30. The summed E-state index contributed by atoms with van der Waals surface area (Å²) in [5.74, 6) is 1.78. The Hall–Kier alpha value is -1.32. The van der Waals surface area contributed by atoms with Gasteiger partial charge in [0.1, 0.15) is 11.5 Å². The fourth-order valence-electron chi connectivity index (χ4n) is 1.93. The molecule has 2 N–H and O–H groups in total. The van der Waals surface area contributed by atoms with Crippen LogP contribution in [0.5, 0.6) is 11.5 Å². The minimum Gasteiger partial charge on any atom is -0.457 e. The standard InChI is InChI=1S/C16H18BrNO/c1-11-3-4-12(2)16(9-11)19-15-6-5-14(17)10-13(15)7-8-18/h3-6,9-10H,7-8,18H2,1-2H3. The van der Waals surface area contributed by atoms with Crippen molar-refractivity contribution in [1.29, 1.82) is 0 Å². The maximum Gasteiger partial charge on any atom is 0.130 e. The Bertz CT molecular complexity index is 581. The monoisotopic (exact) mass is 319 g/mol. The molecule has 0 aliphatic heterocycles. The number of halogens is 1. The minimum absolute atomic E-state index is 0.611. The summed E-state index contributed by atoms with van der Waals surface area (Å²) in [6, 6.07) is 12.3.